The van der Waals surface area contributed by atoms with Gasteiger partial charge >= 0.3 is 0 Å². The molecule has 108 valence electrons. The fourth-order valence-corrected chi connectivity index (χ4v) is 2.83. The monoisotopic (exact) mass is 290 g/mol. The van der Waals surface area contributed by atoms with Crippen molar-refractivity contribution in [2.24, 2.45) is 5.10 Å². The fourth-order valence-electron chi connectivity index (χ4n) is 2.83. The Morgan fingerprint density at radius 2 is 1.95 bits per heavy atom. The summed E-state index contributed by atoms with van der Waals surface area (Å²) in [6, 6.07) is 13.4. The lowest BCUT2D eigenvalue weighted by Gasteiger charge is -2.05. The number of fused-ring (bicyclic) bond motifs is 2. The van der Waals surface area contributed by atoms with Crippen LogP contribution in [0.4, 0.5) is 5.82 Å². The number of hydrogen-bond donors (Lipinski definition) is 2. The van der Waals surface area contributed by atoms with Crippen LogP contribution in [0.15, 0.2) is 53.8 Å². The Morgan fingerprint density at radius 3 is 2.91 bits per heavy atom. The van der Waals surface area contributed by atoms with E-state index in [1.165, 1.54) is 0 Å². The zero-order valence-electron chi connectivity index (χ0n) is 11.8. The summed E-state index contributed by atoms with van der Waals surface area (Å²) in [6.45, 7) is 0. The Morgan fingerprint density at radius 1 is 1.05 bits per heavy atom. The highest BCUT2D eigenvalue weighted by atomic mass is 16.3. The van der Waals surface area contributed by atoms with Crippen LogP contribution in [-0.4, -0.2) is 21.0 Å². The molecule has 0 spiro atoms. The summed E-state index contributed by atoms with van der Waals surface area (Å²) in [4.78, 5) is 0. The minimum Gasteiger partial charge on any atom is -0.508 e. The maximum atomic E-state index is 9.88. The number of hydrazone groups is 1. The highest BCUT2D eigenvalue weighted by Crippen LogP contribution is 2.30. The van der Waals surface area contributed by atoms with Crippen LogP contribution >= 0.6 is 0 Å². The maximum Gasteiger partial charge on any atom is 0.176 e. The molecule has 0 atom stereocenters. The minimum atomic E-state index is 0.340. The van der Waals surface area contributed by atoms with Crippen molar-refractivity contribution in [2.75, 3.05) is 5.43 Å². The fraction of sp³-hybridized carbons (Fsp3) is 0.118. The van der Waals surface area contributed by atoms with Crippen LogP contribution in [0, 0.1) is 0 Å². The van der Waals surface area contributed by atoms with Gasteiger partial charge in [-0.1, -0.05) is 36.4 Å². The molecule has 1 aliphatic rings. The van der Waals surface area contributed by atoms with E-state index in [1.807, 2.05) is 36.4 Å². The van der Waals surface area contributed by atoms with Gasteiger partial charge in [0.05, 0.1) is 11.9 Å². The standard InChI is InChI=1S/C17H14N4O/c22-16-7-3-6-13-14(16)8-9-15(13)19-21-17-12-5-2-1-4-11(12)10-18-20-17/h1-7,10,22H,8-9H2,(H,20,21)/b19-15+. The van der Waals surface area contributed by atoms with Crippen LogP contribution in [0.3, 0.4) is 0 Å². The molecule has 0 amide bonds. The molecule has 1 aliphatic carbocycles. The topological polar surface area (TPSA) is 70.4 Å². The molecule has 2 aromatic carbocycles. The first kappa shape index (κ1) is 12.8. The second-order valence-electron chi connectivity index (χ2n) is 5.25. The Labute approximate surface area is 127 Å². The predicted molar refractivity (Wildman–Crippen MR) is 86.1 cm³/mol. The number of phenolic OH excluding ortho intramolecular Hbond substituents is 1. The van der Waals surface area contributed by atoms with Gasteiger partial charge in [-0.3, -0.25) is 5.43 Å². The number of nitrogens with one attached hydrogen (secondary N) is 1. The predicted octanol–water partition coefficient (Wildman–Crippen LogP) is 3.10. The molecule has 0 saturated heterocycles. The largest absolute Gasteiger partial charge is 0.508 e. The van der Waals surface area contributed by atoms with E-state index in [1.54, 1.807) is 12.3 Å². The molecule has 0 bridgehead atoms. The summed E-state index contributed by atoms with van der Waals surface area (Å²) < 4.78 is 0. The summed E-state index contributed by atoms with van der Waals surface area (Å²) in [5, 5.41) is 24.5. The average molecular weight is 290 g/mol. The molecule has 0 aliphatic heterocycles. The van der Waals surface area contributed by atoms with Gasteiger partial charge in [0.15, 0.2) is 5.82 Å². The first-order valence-corrected chi connectivity index (χ1v) is 7.17. The van der Waals surface area contributed by atoms with Gasteiger partial charge in [0.2, 0.25) is 0 Å². The van der Waals surface area contributed by atoms with Crippen LogP contribution in [0.1, 0.15) is 17.5 Å². The normalized spacial score (nSPS) is 15.2. The molecule has 1 aromatic heterocycles. The molecule has 1 heterocycles. The molecule has 22 heavy (non-hydrogen) atoms. The number of aromatic hydroxyl groups is 1. The molecule has 0 unspecified atom stereocenters. The summed E-state index contributed by atoms with van der Waals surface area (Å²) in [5.41, 5.74) is 5.92. The summed E-state index contributed by atoms with van der Waals surface area (Å²) in [5.74, 6) is 0.979. The number of aromatic nitrogens is 2. The van der Waals surface area contributed by atoms with Crippen molar-refractivity contribution >= 4 is 22.3 Å². The third-order valence-corrected chi connectivity index (χ3v) is 3.94. The molecule has 0 fully saturated rings. The van der Waals surface area contributed by atoms with E-state index < -0.39 is 0 Å². The highest BCUT2D eigenvalue weighted by molar-refractivity contribution is 6.05. The van der Waals surface area contributed by atoms with Crippen LogP contribution < -0.4 is 5.43 Å². The average Bonchev–Trinajstić information content (AvgIpc) is 2.97. The van der Waals surface area contributed by atoms with E-state index in [4.69, 9.17) is 0 Å². The molecular formula is C17H14N4O. The molecular weight excluding hydrogens is 276 g/mol. The van der Waals surface area contributed by atoms with Crippen molar-refractivity contribution in [2.45, 2.75) is 12.8 Å². The van der Waals surface area contributed by atoms with Crippen LogP contribution in [-0.2, 0) is 6.42 Å². The quantitative estimate of drug-likeness (QED) is 0.711. The number of nitrogens with zero attached hydrogens (tertiary/aromatic N) is 3. The molecule has 5 nitrogen and oxygen atoms in total. The van der Waals surface area contributed by atoms with Crippen LogP contribution in [0.2, 0.25) is 0 Å². The third-order valence-electron chi connectivity index (χ3n) is 3.94. The first-order chi connectivity index (χ1) is 10.8. The molecule has 0 saturated carbocycles. The molecule has 3 aromatic rings. The zero-order valence-corrected chi connectivity index (χ0v) is 11.8. The lowest BCUT2D eigenvalue weighted by Crippen LogP contribution is -2.02. The second kappa shape index (κ2) is 5.11. The van der Waals surface area contributed by atoms with Crippen molar-refractivity contribution in [3.8, 4) is 5.75 Å². The zero-order chi connectivity index (χ0) is 14.9. The van der Waals surface area contributed by atoms with Crippen molar-refractivity contribution in [1.29, 1.82) is 0 Å². The van der Waals surface area contributed by atoms with Crippen molar-refractivity contribution in [1.82, 2.24) is 10.2 Å². The van der Waals surface area contributed by atoms with Gasteiger partial charge < -0.3 is 5.11 Å². The lowest BCUT2D eigenvalue weighted by molar-refractivity contribution is 0.469. The minimum absolute atomic E-state index is 0.340. The number of benzene rings is 2. The van der Waals surface area contributed by atoms with Crippen LogP contribution in [0.25, 0.3) is 10.8 Å². The number of rotatable bonds is 2. The second-order valence-corrected chi connectivity index (χ2v) is 5.25. The molecule has 0 radical (unpaired) electrons. The van der Waals surface area contributed by atoms with Crippen molar-refractivity contribution in [3.63, 3.8) is 0 Å². The van der Waals surface area contributed by atoms with E-state index in [-0.39, 0.29) is 0 Å². The van der Waals surface area contributed by atoms with Gasteiger partial charge in [0.25, 0.3) is 0 Å². The van der Waals surface area contributed by atoms with E-state index >= 15 is 0 Å². The molecule has 5 heteroatoms. The van der Waals surface area contributed by atoms with Crippen molar-refractivity contribution < 1.29 is 5.11 Å². The van der Waals surface area contributed by atoms with Crippen molar-refractivity contribution in [3.05, 3.63) is 59.8 Å². The molecule has 2 N–H and O–H groups in total. The maximum absolute atomic E-state index is 9.88. The smallest absolute Gasteiger partial charge is 0.176 e. The Kier molecular flexibility index (Phi) is 2.96. The van der Waals surface area contributed by atoms with Gasteiger partial charge in [-0.05, 0) is 18.9 Å². The van der Waals surface area contributed by atoms with Gasteiger partial charge in [-0.25, -0.2) is 0 Å². The van der Waals surface area contributed by atoms with Gasteiger partial charge in [0, 0.05) is 21.9 Å². The highest BCUT2D eigenvalue weighted by Gasteiger charge is 2.20. The van der Waals surface area contributed by atoms with Gasteiger partial charge in [-0.15, -0.1) is 5.10 Å². The van der Waals surface area contributed by atoms with E-state index in [2.05, 4.69) is 20.7 Å². The summed E-state index contributed by atoms with van der Waals surface area (Å²) in [7, 11) is 0. The summed E-state index contributed by atoms with van der Waals surface area (Å²) >= 11 is 0. The SMILES string of the molecule is Oc1cccc2c1CC/C2=N\Nc1nncc2ccccc12. The van der Waals surface area contributed by atoms with E-state index in [0.29, 0.717) is 11.6 Å². The first-order valence-electron chi connectivity index (χ1n) is 7.17. The van der Waals surface area contributed by atoms with Gasteiger partial charge in [-0.2, -0.15) is 10.2 Å². The Hall–Kier alpha value is -2.95. The van der Waals surface area contributed by atoms with E-state index in [0.717, 1.165) is 40.5 Å². The summed E-state index contributed by atoms with van der Waals surface area (Å²) in [6.07, 6.45) is 3.35. The lowest BCUT2D eigenvalue weighted by atomic mass is 10.1. The Bertz CT molecular complexity index is 883. The third kappa shape index (κ3) is 2.07. The number of anilines is 1. The molecule has 4 rings (SSSR count). The number of hydrogen-bond acceptors (Lipinski definition) is 5. The number of phenols is 1. The van der Waals surface area contributed by atoms with Crippen LogP contribution in [0.5, 0.6) is 5.75 Å². The Balaban J connectivity index is 1.70. The van der Waals surface area contributed by atoms with E-state index in [9.17, 15) is 5.11 Å². The van der Waals surface area contributed by atoms with Gasteiger partial charge in [0.1, 0.15) is 5.75 Å².